The molecule has 28 heavy (non-hydrogen) atoms. The van der Waals surface area contributed by atoms with Crippen LogP contribution in [-0.2, 0) is 19.5 Å². The van der Waals surface area contributed by atoms with Gasteiger partial charge in [0.1, 0.15) is 0 Å². The molecule has 0 unspecified atom stereocenters. The first-order chi connectivity index (χ1) is 13.7. The molecule has 0 saturated heterocycles. The fourth-order valence-corrected chi connectivity index (χ4v) is 5.23. The third-order valence-corrected chi connectivity index (χ3v) is 6.66. The van der Waals surface area contributed by atoms with Gasteiger partial charge < -0.3 is 0 Å². The molecule has 0 bridgehead atoms. The molecule has 1 aliphatic heterocycles. The van der Waals surface area contributed by atoms with E-state index < -0.39 is 0 Å². The van der Waals surface area contributed by atoms with Gasteiger partial charge in [0, 0.05) is 35.8 Å². The van der Waals surface area contributed by atoms with Crippen molar-refractivity contribution >= 4 is 34.1 Å². The summed E-state index contributed by atoms with van der Waals surface area (Å²) in [5, 5.41) is 3.72. The molecule has 1 N–H and O–H groups in total. The molecule has 2 aromatic carbocycles. The van der Waals surface area contributed by atoms with Crippen molar-refractivity contribution in [1.29, 1.82) is 0 Å². The first-order valence-electron chi connectivity index (χ1n) is 9.51. The van der Waals surface area contributed by atoms with Crippen molar-refractivity contribution in [3.63, 3.8) is 0 Å². The van der Waals surface area contributed by atoms with E-state index >= 15 is 0 Å². The molecule has 0 spiro atoms. The van der Waals surface area contributed by atoms with Gasteiger partial charge in [-0.05, 0) is 23.4 Å². The number of hydrogen-bond acceptors (Lipinski definition) is 5. The van der Waals surface area contributed by atoms with Crippen LogP contribution in [0.25, 0.3) is 0 Å². The molecule has 4 rings (SSSR count). The van der Waals surface area contributed by atoms with Crippen LogP contribution >= 0.6 is 23.1 Å². The van der Waals surface area contributed by atoms with Gasteiger partial charge in [0.2, 0.25) is 0 Å². The number of amides is 1. The Kier molecular flexibility index (Phi) is 6.10. The number of hydrogen-bond donors (Lipinski definition) is 1. The number of rotatable bonds is 6. The molecule has 4 nitrogen and oxygen atoms in total. The number of nitrogens with zero attached hydrogens (tertiary/aromatic N) is 2. The summed E-state index contributed by atoms with van der Waals surface area (Å²) in [7, 11) is 0. The lowest BCUT2D eigenvalue weighted by molar-refractivity contribution is 0.102. The lowest BCUT2D eigenvalue weighted by Gasteiger charge is -2.25. The normalized spacial score (nSPS) is 13.9. The zero-order valence-corrected chi connectivity index (χ0v) is 17.5. The van der Waals surface area contributed by atoms with Gasteiger partial charge in [-0.2, -0.15) is 0 Å². The summed E-state index contributed by atoms with van der Waals surface area (Å²) < 4.78 is 0. The highest BCUT2D eigenvalue weighted by molar-refractivity contribution is 7.99. The lowest BCUT2D eigenvalue weighted by Crippen LogP contribution is -2.29. The maximum Gasteiger partial charge on any atom is 0.258 e. The maximum absolute atomic E-state index is 12.8. The van der Waals surface area contributed by atoms with E-state index in [-0.39, 0.29) is 5.91 Å². The summed E-state index contributed by atoms with van der Waals surface area (Å²) in [5.74, 6) is 0.858. The molecule has 0 fully saturated rings. The molecular weight excluding hydrogens is 386 g/mol. The van der Waals surface area contributed by atoms with E-state index in [1.54, 1.807) is 23.1 Å². The quantitative estimate of drug-likeness (QED) is 0.578. The van der Waals surface area contributed by atoms with Crippen LogP contribution in [0.15, 0.2) is 59.5 Å². The predicted octanol–water partition coefficient (Wildman–Crippen LogP) is 5.07. The minimum Gasteiger partial charge on any atom is -0.298 e. The van der Waals surface area contributed by atoms with Gasteiger partial charge in [-0.3, -0.25) is 15.0 Å². The van der Waals surface area contributed by atoms with Gasteiger partial charge >= 0.3 is 0 Å². The average molecular weight is 410 g/mol. The fraction of sp³-hybridized carbons (Fsp3) is 0.273. The first kappa shape index (κ1) is 19.2. The van der Waals surface area contributed by atoms with Crippen LogP contribution in [-0.4, -0.2) is 28.1 Å². The number of fused-ring (bicyclic) bond motifs is 1. The molecule has 0 atom stereocenters. The smallest absolute Gasteiger partial charge is 0.258 e. The number of thioether (sulfide) groups is 1. The molecule has 0 saturated carbocycles. The van der Waals surface area contributed by atoms with Gasteiger partial charge in [0.05, 0.1) is 11.3 Å². The van der Waals surface area contributed by atoms with E-state index in [4.69, 9.17) is 0 Å². The molecule has 1 amide bonds. The standard InChI is InChI=1S/C22H23N3OS2/c1-2-27-19-11-7-6-10-17(19)21(26)24-22-23-18-12-13-25(15-20(18)28-22)14-16-8-4-3-5-9-16/h3-11H,2,12-15H2,1H3,(H,23,24,26). The Hall–Kier alpha value is -2.15. The molecule has 0 radical (unpaired) electrons. The summed E-state index contributed by atoms with van der Waals surface area (Å²) in [5.41, 5.74) is 3.17. The lowest BCUT2D eigenvalue weighted by atomic mass is 10.1. The molecule has 2 heterocycles. The third-order valence-electron chi connectivity index (χ3n) is 4.71. The van der Waals surface area contributed by atoms with Crippen LogP contribution in [0.2, 0.25) is 0 Å². The Morgan fingerprint density at radius 3 is 2.79 bits per heavy atom. The summed E-state index contributed by atoms with van der Waals surface area (Å²) in [6.45, 7) is 4.92. The van der Waals surface area contributed by atoms with E-state index in [1.165, 1.54) is 10.4 Å². The van der Waals surface area contributed by atoms with Crippen LogP contribution in [0.3, 0.4) is 0 Å². The third kappa shape index (κ3) is 4.46. The Morgan fingerprint density at radius 1 is 1.18 bits per heavy atom. The number of aromatic nitrogens is 1. The zero-order valence-electron chi connectivity index (χ0n) is 15.9. The van der Waals surface area contributed by atoms with Crippen molar-refractivity contribution in [2.45, 2.75) is 31.3 Å². The van der Waals surface area contributed by atoms with Gasteiger partial charge in [0.25, 0.3) is 5.91 Å². The Morgan fingerprint density at radius 2 is 1.96 bits per heavy atom. The van der Waals surface area contributed by atoms with E-state index in [0.29, 0.717) is 10.7 Å². The largest absolute Gasteiger partial charge is 0.298 e. The van der Waals surface area contributed by atoms with E-state index in [1.807, 2.05) is 30.3 Å². The van der Waals surface area contributed by atoms with Crippen molar-refractivity contribution in [1.82, 2.24) is 9.88 Å². The summed E-state index contributed by atoms with van der Waals surface area (Å²) in [6.07, 6.45) is 0.927. The van der Waals surface area contributed by atoms with E-state index in [0.717, 1.165) is 42.4 Å². The second-order valence-electron chi connectivity index (χ2n) is 6.72. The highest BCUT2D eigenvalue weighted by Gasteiger charge is 2.22. The monoisotopic (exact) mass is 409 g/mol. The number of thiazole rings is 1. The highest BCUT2D eigenvalue weighted by atomic mass is 32.2. The maximum atomic E-state index is 12.8. The number of benzene rings is 2. The van der Waals surface area contributed by atoms with Gasteiger partial charge in [-0.25, -0.2) is 4.98 Å². The topological polar surface area (TPSA) is 45.2 Å². The van der Waals surface area contributed by atoms with Crippen molar-refractivity contribution < 1.29 is 4.79 Å². The van der Waals surface area contributed by atoms with Crippen molar-refractivity contribution in [2.24, 2.45) is 0 Å². The Bertz CT molecular complexity index is 955. The van der Waals surface area contributed by atoms with Gasteiger partial charge in [-0.1, -0.05) is 49.4 Å². The van der Waals surface area contributed by atoms with Crippen LogP contribution < -0.4 is 5.32 Å². The van der Waals surface area contributed by atoms with Crippen LogP contribution in [0, 0.1) is 0 Å². The number of anilines is 1. The minimum absolute atomic E-state index is 0.0798. The summed E-state index contributed by atoms with van der Waals surface area (Å²) in [6, 6.07) is 18.3. The van der Waals surface area contributed by atoms with Crippen LogP contribution in [0.1, 0.15) is 33.4 Å². The number of carbonyl (C=O) groups is 1. The molecular formula is C22H23N3OS2. The second-order valence-corrected chi connectivity index (χ2v) is 9.11. The first-order valence-corrected chi connectivity index (χ1v) is 11.3. The Labute approximate surface area is 174 Å². The van der Waals surface area contributed by atoms with Gasteiger partial charge in [-0.15, -0.1) is 23.1 Å². The highest BCUT2D eigenvalue weighted by Crippen LogP contribution is 2.30. The molecule has 3 aromatic rings. The predicted molar refractivity (Wildman–Crippen MR) is 117 cm³/mol. The van der Waals surface area contributed by atoms with Crippen molar-refractivity contribution in [3.05, 3.63) is 76.3 Å². The number of carbonyl (C=O) groups excluding carboxylic acids is 1. The van der Waals surface area contributed by atoms with E-state index in [2.05, 4.69) is 46.4 Å². The SMILES string of the molecule is CCSc1ccccc1C(=O)Nc1nc2c(s1)CN(Cc1ccccc1)CC2. The van der Waals surface area contributed by atoms with Crippen LogP contribution in [0.4, 0.5) is 5.13 Å². The Balaban J connectivity index is 1.44. The average Bonchev–Trinajstić information content (AvgIpc) is 3.11. The van der Waals surface area contributed by atoms with Crippen molar-refractivity contribution in [2.75, 3.05) is 17.6 Å². The summed E-state index contributed by atoms with van der Waals surface area (Å²) >= 11 is 3.29. The molecule has 6 heteroatoms. The molecule has 1 aliphatic rings. The minimum atomic E-state index is -0.0798. The van der Waals surface area contributed by atoms with Crippen LogP contribution in [0.5, 0.6) is 0 Å². The molecule has 0 aliphatic carbocycles. The number of nitrogens with one attached hydrogen (secondary N) is 1. The molecule has 144 valence electrons. The molecule has 1 aromatic heterocycles. The van der Waals surface area contributed by atoms with E-state index in [9.17, 15) is 4.79 Å². The summed E-state index contributed by atoms with van der Waals surface area (Å²) in [4.78, 5) is 22.2. The second kappa shape index (κ2) is 8.90. The van der Waals surface area contributed by atoms with Gasteiger partial charge in [0.15, 0.2) is 5.13 Å². The zero-order chi connectivity index (χ0) is 19.3. The fourth-order valence-electron chi connectivity index (χ4n) is 3.38. The van der Waals surface area contributed by atoms with Crippen molar-refractivity contribution in [3.8, 4) is 0 Å².